The molecule has 0 atom stereocenters. The summed E-state index contributed by atoms with van der Waals surface area (Å²) < 4.78 is 63.3. The molecule has 0 aliphatic rings. The first-order valence-corrected chi connectivity index (χ1v) is 6.17. The van der Waals surface area contributed by atoms with Crippen molar-refractivity contribution in [3.05, 3.63) is 29.7 Å². The zero-order valence-electron chi connectivity index (χ0n) is 10.0. The van der Waals surface area contributed by atoms with Gasteiger partial charge in [0.1, 0.15) is 11.6 Å². The number of nitrogens with zero attached hydrogens (tertiary/aromatic N) is 3. The minimum Gasteiger partial charge on any atom is -0.388 e. The summed E-state index contributed by atoms with van der Waals surface area (Å²) in [6.45, 7) is -0.410. The number of aliphatic hydroxyl groups is 1. The lowest BCUT2D eigenvalue weighted by molar-refractivity contribution is -0.289. The lowest BCUT2D eigenvalue weighted by atomic mass is 10.1. The number of aliphatic hydroxyl groups excluding tert-OH is 1. The summed E-state index contributed by atoms with van der Waals surface area (Å²) >= 11 is 0.688. The monoisotopic (exact) mass is 326 g/mol. The number of hydrogen-bond acceptors (Lipinski definition) is 5. The molecule has 2 N–H and O–H groups in total. The zero-order chi connectivity index (χ0) is 15.7. The molecule has 0 aliphatic heterocycles. The van der Waals surface area contributed by atoms with E-state index >= 15 is 0 Å². The van der Waals surface area contributed by atoms with Gasteiger partial charge in [0.2, 0.25) is 5.16 Å². The summed E-state index contributed by atoms with van der Waals surface area (Å²) in [6.07, 6.45) is -4.85. The van der Waals surface area contributed by atoms with Crippen molar-refractivity contribution in [1.82, 2.24) is 20.2 Å². The average Bonchev–Trinajstić information content (AvgIpc) is 2.85. The van der Waals surface area contributed by atoms with E-state index in [0.29, 0.717) is 23.9 Å². The van der Waals surface area contributed by atoms with E-state index in [4.69, 9.17) is 5.11 Å². The first-order valence-electron chi connectivity index (χ1n) is 5.35. The van der Waals surface area contributed by atoms with Crippen LogP contribution in [0, 0.1) is 0 Å². The van der Waals surface area contributed by atoms with Crippen LogP contribution < -0.4 is 0 Å². The zero-order valence-corrected chi connectivity index (χ0v) is 10.8. The van der Waals surface area contributed by atoms with Crippen LogP contribution >= 0.6 is 11.8 Å². The van der Waals surface area contributed by atoms with Crippen molar-refractivity contribution in [2.24, 2.45) is 0 Å². The van der Waals surface area contributed by atoms with Gasteiger partial charge in [-0.05, 0) is 23.9 Å². The van der Waals surface area contributed by atoms with Crippen LogP contribution in [0.5, 0.6) is 0 Å². The van der Waals surface area contributed by atoms with E-state index in [2.05, 4.69) is 20.2 Å². The highest BCUT2D eigenvalue weighted by molar-refractivity contribution is 7.99. The third-order valence-electron chi connectivity index (χ3n) is 2.31. The van der Waals surface area contributed by atoms with Gasteiger partial charge in [0.25, 0.3) is 0 Å². The first-order chi connectivity index (χ1) is 9.74. The first kappa shape index (κ1) is 15.6. The van der Waals surface area contributed by atoms with E-state index in [1.165, 1.54) is 0 Å². The fourth-order valence-electron chi connectivity index (χ4n) is 1.31. The predicted molar refractivity (Wildman–Crippen MR) is 60.6 cm³/mol. The number of rotatable bonds is 4. The quantitative estimate of drug-likeness (QED) is 0.845. The number of H-pyrrole nitrogens is 1. The number of alkyl halides is 5. The minimum absolute atomic E-state index is 0.0408. The SMILES string of the molecule is OCc1nc(Sc2cc(C(F)(F)C(F)(F)F)ccn2)n[nH]1. The van der Waals surface area contributed by atoms with E-state index in [1.807, 2.05) is 0 Å². The average molecular weight is 326 g/mol. The second-order valence-electron chi connectivity index (χ2n) is 3.78. The van der Waals surface area contributed by atoms with E-state index in [1.54, 1.807) is 0 Å². The highest BCUT2D eigenvalue weighted by atomic mass is 32.2. The largest absolute Gasteiger partial charge is 0.458 e. The standard InChI is InChI=1S/C10H7F5N4OS/c11-9(12,10(13,14)15)5-1-2-16-7(3-5)21-8-17-6(4-20)18-19-8/h1-3,20H,4H2,(H,17,18,19). The Morgan fingerprint density at radius 3 is 2.52 bits per heavy atom. The van der Waals surface area contributed by atoms with Gasteiger partial charge in [0.15, 0.2) is 5.82 Å². The molecule has 2 rings (SSSR count). The van der Waals surface area contributed by atoms with Gasteiger partial charge in [-0.1, -0.05) is 0 Å². The fourth-order valence-corrected chi connectivity index (χ4v) is 2.05. The second kappa shape index (κ2) is 5.56. The molecule has 0 spiro atoms. The maximum atomic E-state index is 13.2. The number of nitrogens with one attached hydrogen (secondary N) is 1. The third-order valence-corrected chi connectivity index (χ3v) is 3.11. The van der Waals surface area contributed by atoms with Crippen molar-refractivity contribution in [2.45, 2.75) is 28.9 Å². The number of aromatic nitrogens is 4. The van der Waals surface area contributed by atoms with Gasteiger partial charge < -0.3 is 5.11 Å². The predicted octanol–water partition coefficient (Wildman–Crippen LogP) is 2.50. The molecule has 0 aromatic carbocycles. The van der Waals surface area contributed by atoms with Crippen LogP contribution in [0.4, 0.5) is 22.0 Å². The van der Waals surface area contributed by atoms with Crippen LogP contribution in [0.2, 0.25) is 0 Å². The molecular weight excluding hydrogens is 319 g/mol. The van der Waals surface area contributed by atoms with E-state index in [0.717, 1.165) is 6.20 Å². The summed E-state index contributed by atoms with van der Waals surface area (Å²) in [5.41, 5.74) is -1.22. The Morgan fingerprint density at radius 1 is 1.24 bits per heavy atom. The van der Waals surface area contributed by atoms with Crippen molar-refractivity contribution in [3.63, 3.8) is 0 Å². The van der Waals surface area contributed by atoms with E-state index in [9.17, 15) is 22.0 Å². The Morgan fingerprint density at radius 2 is 1.95 bits per heavy atom. The molecule has 2 aromatic heterocycles. The van der Waals surface area contributed by atoms with E-state index in [-0.39, 0.29) is 16.0 Å². The Bertz CT molecular complexity index is 630. The molecule has 5 nitrogen and oxygen atoms in total. The van der Waals surface area contributed by atoms with Crippen LogP contribution in [-0.4, -0.2) is 31.4 Å². The Balaban J connectivity index is 2.25. The summed E-state index contributed by atoms with van der Waals surface area (Å²) in [5.74, 6) is -4.84. The molecule has 2 aromatic rings. The molecular formula is C10H7F5N4OS. The summed E-state index contributed by atoms with van der Waals surface area (Å²) in [6, 6.07) is 1.21. The smallest absolute Gasteiger partial charge is 0.388 e. The van der Waals surface area contributed by atoms with Crippen LogP contribution in [0.3, 0.4) is 0 Å². The molecule has 21 heavy (non-hydrogen) atoms. The Labute approximate surface area is 118 Å². The van der Waals surface area contributed by atoms with Gasteiger partial charge in [-0.25, -0.2) is 9.97 Å². The number of hydrogen-bond donors (Lipinski definition) is 2. The highest BCUT2D eigenvalue weighted by Crippen LogP contribution is 2.44. The lowest BCUT2D eigenvalue weighted by Gasteiger charge is -2.19. The van der Waals surface area contributed by atoms with Gasteiger partial charge in [-0.3, -0.25) is 5.10 Å². The van der Waals surface area contributed by atoms with Gasteiger partial charge in [0.05, 0.1) is 0 Å². The summed E-state index contributed by atoms with van der Waals surface area (Å²) in [5, 5.41) is 14.7. The number of pyridine rings is 1. The third kappa shape index (κ3) is 3.29. The van der Waals surface area contributed by atoms with Crippen molar-refractivity contribution in [2.75, 3.05) is 0 Å². The normalized spacial score (nSPS) is 12.7. The van der Waals surface area contributed by atoms with Gasteiger partial charge in [-0.2, -0.15) is 22.0 Å². The minimum atomic E-state index is -5.69. The lowest BCUT2D eigenvalue weighted by Crippen LogP contribution is -2.33. The van der Waals surface area contributed by atoms with Gasteiger partial charge in [0, 0.05) is 11.8 Å². The maximum Gasteiger partial charge on any atom is 0.458 e. The molecule has 114 valence electrons. The molecule has 0 unspecified atom stereocenters. The molecule has 0 bridgehead atoms. The van der Waals surface area contributed by atoms with Gasteiger partial charge in [-0.15, -0.1) is 5.10 Å². The topological polar surface area (TPSA) is 74.7 Å². The Hall–Kier alpha value is -1.75. The molecule has 0 fully saturated rings. The summed E-state index contributed by atoms with van der Waals surface area (Å²) in [4.78, 5) is 7.43. The molecule has 11 heteroatoms. The van der Waals surface area contributed by atoms with Crippen LogP contribution in [0.1, 0.15) is 11.4 Å². The summed E-state index contributed by atoms with van der Waals surface area (Å²) in [7, 11) is 0. The van der Waals surface area contributed by atoms with Crippen LogP contribution in [0.15, 0.2) is 28.5 Å². The number of halogens is 5. The van der Waals surface area contributed by atoms with Gasteiger partial charge >= 0.3 is 12.1 Å². The second-order valence-corrected chi connectivity index (χ2v) is 4.77. The molecule has 0 aliphatic carbocycles. The van der Waals surface area contributed by atoms with Crippen LogP contribution in [0.25, 0.3) is 0 Å². The molecule has 0 radical (unpaired) electrons. The molecule has 0 amide bonds. The number of aromatic amines is 1. The van der Waals surface area contributed by atoms with E-state index < -0.39 is 24.3 Å². The maximum absolute atomic E-state index is 13.2. The highest BCUT2D eigenvalue weighted by Gasteiger charge is 2.58. The van der Waals surface area contributed by atoms with Crippen molar-refractivity contribution < 1.29 is 27.1 Å². The molecule has 0 saturated carbocycles. The van der Waals surface area contributed by atoms with Crippen molar-refractivity contribution in [1.29, 1.82) is 0 Å². The fraction of sp³-hybridized carbons (Fsp3) is 0.300. The van der Waals surface area contributed by atoms with Crippen LogP contribution in [-0.2, 0) is 12.5 Å². The Kier molecular flexibility index (Phi) is 4.14. The molecule has 2 heterocycles. The van der Waals surface area contributed by atoms with Crippen molar-refractivity contribution in [3.8, 4) is 0 Å². The van der Waals surface area contributed by atoms with Crippen molar-refractivity contribution >= 4 is 11.8 Å². The molecule has 0 saturated heterocycles.